The highest BCUT2D eigenvalue weighted by molar-refractivity contribution is 7.98. The predicted molar refractivity (Wildman–Crippen MR) is 505 cm³/mol. The van der Waals surface area contributed by atoms with E-state index in [1.54, 1.807) is 84.9 Å². The fourth-order valence-corrected chi connectivity index (χ4v) is 17.4. The summed E-state index contributed by atoms with van der Waals surface area (Å²) < 4.78 is 181. The van der Waals surface area contributed by atoms with Crippen molar-refractivity contribution in [3.63, 3.8) is 0 Å². The van der Waals surface area contributed by atoms with Gasteiger partial charge in [0.2, 0.25) is 23.6 Å². The van der Waals surface area contributed by atoms with Crippen LogP contribution in [0, 0.1) is 55.2 Å². The summed E-state index contributed by atoms with van der Waals surface area (Å²) in [6, 6.07) is 44.3. The number of alkyl halides is 12. The Morgan fingerprint density at radius 2 is 0.609 bits per heavy atom. The lowest BCUT2D eigenvalue weighted by atomic mass is 9.94. The molecule has 724 valence electrons. The largest absolute Gasteiger partial charge is 0.457 e. The average molecular weight is 1950 g/mol. The highest BCUT2D eigenvalue weighted by Gasteiger charge is 2.43. The number of terminal acetylenes is 4. The van der Waals surface area contributed by atoms with Crippen molar-refractivity contribution in [2.75, 3.05) is 25.9 Å². The summed E-state index contributed by atoms with van der Waals surface area (Å²) in [6.07, 6.45) is 23.1. The van der Waals surface area contributed by atoms with E-state index >= 15 is 0 Å². The topological polar surface area (TPSA) is 207 Å². The number of nitrogens with one attached hydrogen (secondary N) is 4. The lowest BCUT2D eigenvalue weighted by molar-refractivity contribution is -0.138. The van der Waals surface area contributed by atoms with E-state index in [4.69, 9.17) is 42.0 Å². The van der Waals surface area contributed by atoms with Gasteiger partial charge in [0.05, 0.1) is 27.3 Å². The van der Waals surface area contributed by atoms with Gasteiger partial charge in [-0.1, -0.05) is 200 Å². The van der Waals surface area contributed by atoms with Crippen molar-refractivity contribution < 1.29 is 100 Å². The van der Waals surface area contributed by atoms with Crippen molar-refractivity contribution in [2.24, 2.45) is 0 Å². The number of para-hydroxylation sites is 1. The Morgan fingerprint density at radius 3 is 0.891 bits per heavy atom. The summed E-state index contributed by atoms with van der Waals surface area (Å²) >= 11 is 7.27. The molecule has 0 radical (unpaired) electrons. The second-order valence-corrected chi connectivity index (χ2v) is 35.0. The third kappa shape index (κ3) is 29.5. The first-order chi connectivity index (χ1) is 65.7. The number of anilines is 4. The number of hydrogen-bond acceptors (Lipinski definition) is 10. The van der Waals surface area contributed by atoms with Gasteiger partial charge in [0.25, 0.3) is 0 Å². The second-order valence-electron chi connectivity index (χ2n) is 33.7. The zero-order chi connectivity index (χ0) is 100. The number of nitrogens with zero attached hydrogens (tertiary/aromatic N) is 4. The van der Waals surface area contributed by atoms with Crippen LogP contribution < -0.4 is 45.6 Å². The summed E-state index contributed by atoms with van der Waals surface area (Å²) in [5.74, 6) is 2.22. The van der Waals surface area contributed by atoms with E-state index in [2.05, 4.69) is 21.3 Å². The third-order valence-corrected chi connectivity index (χ3v) is 24.8. The van der Waals surface area contributed by atoms with Crippen LogP contribution in [0.2, 0.25) is 5.02 Å². The molecule has 0 heterocycles. The third-order valence-electron chi connectivity index (χ3n) is 23.8. The Morgan fingerprint density at radius 1 is 0.341 bits per heavy atom. The van der Waals surface area contributed by atoms with Gasteiger partial charge in [0.15, 0.2) is 0 Å². The highest BCUT2D eigenvalue weighted by Crippen LogP contribution is 2.43. The van der Waals surface area contributed by atoms with Crippen molar-refractivity contribution in [1.82, 2.24) is 21.3 Å². The van der Waals surface area contributed by atoms with Crippen LogP contribution >= 0.6 is 23.4 Å². The van der Waals surface area contributed by atoms with Gasteiger partial charge in [-0.25, -0.2) is 4.39 Å². The SMILES string of the molecule is C#CC(=O)N(c1cccc(C(F)(F)F)c1)C(C(=O)NC1CCCCC1)c1ccc(C(C)C)cc1.C#CC(=O)N(c1cccc(C(F)(F)F)c1)C(C(=O)NC1CCCCC1)c1ccc(Cl)c(F)c1.C#CC(=O)N(c1cccc(C(F)(F)F)c1)C(C(=O)NC1CCCCC1)c1ccc(SC)cc1.C#CC(=O)N(c1cccc(C(F)(F)F)c1)C(C(=O)NC1CCCCC1)c1cccc(Oc2ccccc2)c1. The van der Waals surface area contributed by atoms with Gasteiger partial charge in [0.1, 0.15) is 41.5 Å². The standard InChI is InChI=1S/C30H27F3N2O3.C27H29F3N2O2.C25H25F3N2O2S.C24H21ClF4N2O2/c1-2-27(36)35(24-15-10-12-22(20-24)30(31,32)33)28(29(37)34-23-13-5-3-6-14-23)21-11-9-18-26(19-21)38-25-16-7-4-8-17-25;1-4-24(33)32(23-12-8-9-21(17-23)27(28,29)30)25(20-15-13-19(14-16-20)18(2)3)26(34)31-22-10-6-5-7-11-22;1-3-22(31)30(20-11-7-8-18(16-20)25(26,27)28)23(17-12-14-21(33-2)15-13-17)24(32)29-19-9-5-4-6-10-19;1-2-21(32)31(18-10-6-7-16(14-18)24(27,28)29)22(15-11-12-19(25)20(26)13-15)23(33)30-17-8-4-3-5-9-17/h1,4,7-12,15-20,23,28H,3,5-6,13-14H2,(H,34,37);1,8-9,12-18,22,25H,5-7,10-11H2,2-3H3,(H,31,34);1,7-8,11-16,19,23H,4-6,9-10H2,2H3,(H,29,32);1,6-7,10-14,17,22H,3-5,8-9H2,(H,30,33). The maximum atomic E-state index is 14.3. The number of rotatable bonds is 24. The molecule has 0 saturated heterocycles. The molecule has 0 aliphatic heterocycles. The first-order valence-electron chi connectivity index (χ1n) is 44.8. The van der Waals surface area contributed by atoms with E-state index in [-0.39, 0.29) is 63.4 Å². The van der Waals surface area contributed by atoms with Gasteiger partial charge in [-0.15, -0.1) is 37.5 Å². The van der Waals surface area contributed by atoms with Gasteiger partial charge in [-0.3, -0.25) is 58.0 Å². The van der Waals surface area contributed by atoms with Crippen LogP contribution in [0.25, 0.3) is 0 Å². The summed E-state index contributed by atoms with van der Waals surface area (Å²) in [4.78, 5) is 110. The quantitative estimate of drug-likeness (QED) is 0.0256. The Kier molecular flexibility index (Phi) is 38.2. The summed E-state index contributed by atoms with van der Waals surface area (Å²) in [7, 11) is 0. The molecule has 13 rings (SSSR count). The monoisotopic (exact) mass is 1940 g/mol. The van der Waals surface area contributed by atoms with E-state index < -0.39 is 124 Å². The van der Waals surface area contributed by atoms with Crippen LogP contribution in [-0.4, -0.2) is 77.7 Å². The van der Waals surface area contributed by atoms with E-state index in [1.165, 1.54) is 66.4 Å². The molecule has 4 aliphatic rings. The zero-order valence-electron chi connectivity index (χ0n) is 75.6. The molecule has 17 nitrogen and oxygen atoms in total. The van der Waals surface area contributed by atoms with Crippen LogP contribution in [0.5, 0.6) is 11.5 Å². The first kappa shape index (κ1) is 107. The molecule has 0 aromatic heterocycles. The molecule has 138 heavy (non-hydrogen) atoms. The minimum absolute atomic E-state index is 0.0196. The van der Waals surface area contributed by atoms with E-state index in [0.29, 0.717) is 28.2 Å². The summed E-state index contributed by atoms with van der Waals surface area (Å²) in [5, 5.41) is 11.6. The average Bonchev–Trinajstić information content (AvgIpc) is 0.790. The molecule has 9 aromatic rings. The number of carbonyl (C=O) groups is 8. The molecule has 4 unspecified atom stereocenters. The van der Waals surface area contributed by atoms with Crippen LogP contribution in [0.15, 0.2) is 223 Å². The molecule has 4 N–H and O–H groups in total. The minimum atomic E-state index is -4.69. The fourth-order valence-electron chi connectivity index (χ4n) is 16.8. The predicted octanol–water partition coefficient (Wildman–Crippen LogP) is 23.9. The number of amides is 8. The Bertz CT molecular complexity index is 5890. The summed E-state index contributed by atoms with van der Waals surface area (Å²) in [6.45, 7) is 4.05. The van der Waals surface area contributed by atoms with Gasteiger partial charge in [-0.2, -0.15) is 52.7 Å². The molecule has 9 aromatic carbocycles. The van der Waals surface area contributed by atoms with Crippen LogP contribution in [0.4, 0.5) is 79.8 Å². The molecule has 8 amide bonds. The number of halogens is 14. The van der Waals surface area contributed by atoms with Gasteiger partial charge in [-0.05, 0) is 236 Å². The van der Waals surface area contributed by atoms with Crippen LogP contribution in [0.1, 0.15) is 222 Å². The molecule has 0 spiro atoms. The molecule has 4 fully saturated rings. The Hall–Kier alpha value is -13.5. The first-order valence-corrected chi connectivity index (χ1v) is 46.5. The highest BCUT2D eigenvalue weighted by atomic mass is 35.5. The molecule has 4 aliphatic carbocycles. The van der Waals surface area contributed by atoms with Crippen LogP contribution in [-0.2, 0) is 63.1 Å². The summed E-state index contributed by atoms with van der Waals surface area (Å²) in [5.41, 5.74) is -2.09. The number of thioether (sulfide) groups is 1. The second kappa shape index (κ2) is 49.5. The maximum absolute atomic E-state index is 14.3. The smallest absolute Gasteiger partial charge is 0.416 e. The lowest BCUT2D eigenvalue weighted by Crippen LogP contribution is -2.47. The number of benzene rings is 9. The van der Waals surface area contributed by atoms with Crippen molar-refractivity contribution in [1.29, 1.82) is 0 Å². The molecule has 32 heteroatoms. The van der Waals surface area contributed by atoms with Crippen molar-refractivity contribution in [2.45, 2.75) is 226 Å². The minimum Gasteiger partial charge on any atom is -0.457 e. The Balaban J connectivity index is 0.000000190. The fraction of sp³-hybridized carbons (Fsp3) is 0.340. The van der Waals surface area contributed by atoms with E-state index in [0.717, 1.165) is 219 Å². The molecule has 4 atom stereocenters. The van der Waals surface area contributed by atoms with Crippen LogP contribution in [0.3, 0.4) is 0 Å². The molecule has 4 saturated carbocycles. The molecular weight excluding hydrogens is 1840 g/mol. The zero-order valence-corrected chi connectivity index (χ0v) is 77.2. The lowest BCUT2D eigenvalue weighted by Gasteiger charge is -2.32. The number of hydrogen-bond donors (Lipinski definition) is 4. The van der Waals surface area contributed by atoms with Crippen molar-refractivity contribution >= 4 is 93.4 Å². The van der Waals surface area contributed by atoms with Gasteiger partial charge in [0, 0.05) is 51.8 Å². The Labute approximate surface area is 802 Å². The molecular formula is C106H102ClF13N8O9S. The van der Waals surface area contributed by atoms with E-state index in [9.17, 15) is 95.4 Å². The normalized spacial score (nSPS) is 15.2. The van der Waals surface area contributed by atoms with Gasteiger partial charge < -0.3 is 26.0 Å². The number of ether oxygens (including phenoxy) is 1. The number of carbonyl (C=O) groups excluding carboxylic acids is 8. The maximum Gasteiger partial charge on any atom is 0.416 e. The molecule has 0 bridgehead atoms. The van der Waals surface area contributed by atoms with E-state index in [1.807, 2.05) is 62.0 Å². The van der Waals surface area contributed by atoms with Crippen molar-refractivity contribution in [3.05, 3.63) is 279 Å². The van der Waals surface area contributed by atoms with Gasteiger partial charge >= 0.3 is 48.3 Å². The van der Waals surface area contributed by atoms with Crippen molar-refractivity contribution in [3.8, 4) is 60.9 Å².